The van der Waals surface area contributed by atoms with Crippen molar-refractivity contribution in [2.24, 2.45) is 0 Å². The molecule has 1 amide bonds. The average molecular weight is 456 g/mol. The number of hydrogen-bond acceptors (Lipinski definition) is 6. The second kappa shape index (κ2) is 8.25. The van der Waals surface area contributed by atoms with Crippen LogP contribution in [0.2, 0.25) is 5.28 Å². The van der Waals surface area contributed by atoms with Crippen LogP contribution in [0.1, 0.15) is 41.8 Å². The molecule has 1 atom stereocenters. The van der Waals surface area contributed by atoms with E-state index in [0.717, 1.165) is 6.07 Å². The molecule has 0 bridgehead atoms. The van der Waals surface area contributed by atoms with Crippen molar-refractivity contribution in [1.82, 2.24) is 20.2 Å². The highest BCUT2D eigenvalue weighted by Gasteiger charge is 2.48. The predicted octanol–water partition coefficient (Wildman–Crippen LogP) is 3.21. The Balaban J connectivity index is 1.59. The number of aromatic nitrogens is 2. The summed E-state index contributed by atoms with van der Waals surface area (Å²) in [6.45, 7) is 2.94. The second-order valence-corrected chi connectivity index (χ2v) is 7.98. The normalized spacial score (nSPS) is 18.0. The van der Waals surface area contributed by atoms with Crippen molar-refractivity contribution < 1.29 is 22.7 Å². The molecule has 0 saturated carbocycles. The highest BCUT2D eigenvalue weighted by Crippen LogP contribution is 2.34. The molecule has 3 heterocycles. The van der Waals surface area contributed by atoms with Crippen LogP contribution < -0.4 is 10.6 Å². The Labute approximate surface area is 182 Å². The van der Waals surface area contributed by atoms with E-state index in [1.54, 1.807) is 11.8 Å². The lowest BCUT2D eigenvalue weighted by Gasteiger charge is -2.41. The Morgan fingerprint density at radius 2 is 2.00 bits per heavy atom. The van der Waals surface area contributed by atoms with Gasteiger partial charge < -0.3 is 20.3 Å². The van der Waals surface area contributed by atoms with Crippen molar-refractivity contribution in [3.8, 4) is 0 Å². The second-order valence-electron chi connectivity index (χ2n) is 7.65. The van der Waals surface area contributed by atoms with E-state index >= 15 is 0 Å². The lowest BCUT2D eigenvalue weighted by atomic mass is 9.95. The van der Waals surface area contributed by atoms with Crippen LogP contribution in [-0.2, 0) is 22.6 Å². The zero-order chi connectivity index (χ0) is 22.3. The van der Waals surface area contributed by atoms with Crippen molar-refractivity contribution in [1.29, 1.82) is 0 Å². The monoisotopic (exact) mass is 455 g/mol. The van der Waals surface area contributed by atoms with Crippen LogP contribution in [0.3, 0.4) is 0 Å². The third-order valence-electron chi connectivity index (χ3n) is 5.76. The molecule has 0 unspecified atom stereocenters. The van der Waals surface area contributed by atoms with Crippen LogP contribution in [0.15, 0.2) is 18.2 Å². The number of anilines is 1. The van der Waals surface area contributed by atoms with E-state index in [-0.39, 0.29) is 29.8 Å². The van der Waals surface area contributed by atoms with E-state index in [1.165, 1.54) is 19.2 Å². The maximum absolute atomic E-state index is 14.6. The topological polar surface area (TPSA) is 79.4 Å². The van der Waals surface area contributed by atoms with Gasteiger partial charge in [0.2, 0.25) is 5.28 Å². The van der Waals surface area contributed by atoms with Crippen LogP contribution in [-0.4, -0.2) is 46.6 Å². The minimum absolute atomic E-state index is 0.0312. The summed E-state index contributed by atoms with van der Waals surface area (Å²) >= 11 is 6.07. The summed E-state index contributed by atoms with van der Waals surface area (Å²) < 4.78 is 46.1. The first kappa shape index (κ1) is 21.8. The number of methoxy groups -OCH3 is 1. The fraction of sp³-hybridized carbons (Fsp3) is 0.450. The lowest BCUT2D eigenvalue weighted by molar-refractivity contribution is -0.162. The summed E-state index contributed by atoms with van der Waals surface area (Å²) in [6, 6.07) is 3.19. The maximum Gasteiger partial charge on any atom is 0.266 e. The molecule has 11 heteroatoms. The fourth-order valence-electron chi connectivity index (χ4n) is 3.87. The minimum Gasteiger partial charge on any atom is -0.366 e. The zero-order valence-electron chi connectivity index (χ0n) is 16.9. The molecule has 2 aliphatic rings. The SMILES string of the molecule is COC1(C(=O)N2Cc3nc(Cl)nc(N[C@H](C)c4cccc(C(F)F)c4F)c3C2)CNC1. The van der Waals surface area contributed by atoms with E-state index in [9.17, 15) is 18.0 Å². The van der Waals surface area contributed by atoms with Gasteiger partial charge in [-0.3, -0.25) is 4.79 Å². The molecule has 1 saturated heterocycles. The van der Waals surface area contributed by atoms with Crippen LogP contribution in [0.4, 0.5) is 19.0 Å². The number of ether oxygens (including phenoxy) is 1. The summed E-state index contributed by atoms with van der Waals surface area (Å²) in [5.41, 5.74) is -0.269. The molecule has 0 radical (unpaired) electrons. The van der Waals surface area contributed by atoms with Crippen molar-refractivity contribution in [3.63, 3.8) is 0 Å². The molecule has 166 valence electrons. The van der Waals surface area contributed by atoms with E-state index in [2.05, 4.69) is 20.6 Å². The van der Waals surface area contributed by atoms with Gasteiger partial charge in [0.25, 0.3) is 12.3 Å². The van der Waals surface area contributed by atoms with E-state index in [0.29, 0.717) is 30.2 Å². The maximum atomic E-state index is 14.6. The zero-order valence-corrected chi connectivity index (χ0v) is 17.6. The molecular formula is C20H21ClF3N5O2. The number of hydrogen-bond donors (Lipinski definition) is 2. The summed E-state index contributed by atoms with van der Waals surface area (Å²) in [5, 5.41) is 6.05. The Kier molecular flexibility index (Phi) is 5.80. The number of nitrogens with zero attached hydrogens (tertiary/aromatic N) is 3. The van der Waals surface area contributed by atoms with Crippen molar-refractivity contribution >= 4 is 23.3 Å². The molecule has 4 rings (SSSR count). The van der Waals surface area contributed by atoms with E-state index < -0.39 is 29.4 Å². The molecule has 0 spiro atoms. The van der Waals surface area contributed by atoms with Crippen LogP contribution in [0.25, 0.3) is 0 Å². The van der Waals surface area contributed by atoms with Crippen molar-refractivity contribution in [3.05, 3.63) is 51.7 Å². The number of rotatable bonds is 6. The van der Waals surface area contributed by atoms with Gasteiger partial charge in [0.1, 0.15) is 11.6 Å². The van der Waals surface area contributed by atoms with Crippen molar-refractivity contribution in [2.75, 3.05) is 25.5 Å². The van der Waals surface area contributed by atoms with Gasteiger partial charge in [-0.1, -0.05) is 18.2 Å². The van der Waals surface area contributed by atoms with Gasteiger partial charge in [-0.15, -0.1) is 0 Å². The first-order valence-corrected chi connectivity index (χ1v) is 10.1. The van der Waals surface area contributed by atoms with Gasteiger partial charge in [0, 0.05) is 31.3 Å². The van der Waals surface area contributed by atoms with E-state index in [4.69, 9.17) is 16.3 Å². The summed E-state index contributed by atoms with van der Waals surface area (Å²) in [7, 11) is 1.50. The van der Waals surface area contributed by atoms with Gasteiger partial charge in [-0.25, -0.2) is 23.1 Å². The van der Waals surface area contributed by atoms with Crippen LogP contribution in [0.5, 0.6) is 0 Å². The Hall–Kier alpha value is -2.43. The van der Waals surface area contributed by atoms with Gasteiger partial charge in [0.05, 0.1) is 30.4 Å². The standard InChI is InChI=1S/C20H21ClF3N5O2/c1-10(11-4-3-5-12(15(11)22)16(23)24)26-17-13-6-29(7-14(13)27-19(21)28-17)18(30)20(31-2)8-25-9-20/h3-5,10,16,25H,6-9H2,1-2H3,(H,26,27,28)/t10-/m1/s1. The highest BCUT2D eigenvalue weighted by atomic mass is 35.5. The quantitative estimate of drug-likeness (QED) is 0.651. The number of alkyl halides is 2. The van der Waals surface area contributed by atoms with Crippen molar-refractivity contribution in [2.45, 2.75) is 38.1 Å². The number of benzene rings is 1. The molecule has 1 aromatic carbocycles. The molecule has 2 aromatic rings. The summed E-state index contributed by atoms with van der Waals surface area (Å²) in [6.07, 6.45) is -2.92. The molecular weight excluding hydrogens is 435 g/mol. The Morgan fingerprint density at radius 3 is 2.61 bits per heavy atom. The number of fused-ring (bicyclic) bond motifs is 1. The number of amides is 1. The largest absolute Gasteiger partial charge is 0.366 e. The fourth-order valence-corrected chi connectivity index (χ4v) is 4.05. The first-order chi connectivity index (χ1) is 14.8. The molecule has 7 nitrogen and oxygen atoms in total. The molecule has 1 fully saturated rings. The van der Waals surface area contributed by atoms with Gasteiger partial charge >= 0.3 is 0 Å². The van der Waals surface area contributed by atoms with Gasteiger partial charge in [-0.05, 0) is 18.5 Å². The predicted molar refractivity (Wildman–Crippen MR) is 107 cm³/mol. The van der Waals surface area contributed by atoms with Crippen LogP contribution in [0, 0.1) is 5.82 Å². The molecule has 0 aliphatic carbocycles. The smallest absolute Gasteiger partial charge is 0.266 e. The molecule has 2 aliphatic heterocycles. The summed E-state index contributed by atoms with van der Waals surface area (Å²) in [4.78, 5) is 23.0. The number of nitrogens with one attached hydrogen (secondary N) is 2. The van der Waals surface area contributed by atoms with Crippen LogP contribution >= 0.6 is 11.6 Å². The number of carbonyl (C=O) groups is 1. The minimum atomic E-state index is -2.92. The average Bonchev–Trinajstić information content (AvgIpc) is 3.11. The summed E-state index contributed by atoms with van der Waals surface area (Å²) in [5.74, 6) is -0.805. The Morgan fingerprint density at radius 1 is 1.29 bits per heavy atom. The number of carbonyl (C=O) groups excluding carboxylic acids is 1. The Bertz CT molecular complexity index is 1010. The molecule has 2 N–H and O–H groups in total. The highest BCUT2D eigenvalue weighted by molar-refractivity contribution is 6.28. The third-order valence-corrected chi connectivity index (χ3v) is 5.93. The van der Waals surface area contributed by atoms with Gasteiger partial charge in [0.15, 0.2) is 5.60 Å². The third kappa shape index (κ3) is 3.83. The first-order valence-electron chi connectivity index (χ1n) is 9.69. The molecule has 31 heavy (non-hydrogen) atoms. The number of halogens is 4. The van der Waals surface area contributed by atoms with E-state index in [1.807, 2.05) is 0 Å². The molecule has 1 aromatic heterocycles. The van der Waals surface area contributed by atoms with Gasteiger partial charge in [-0.2, -0.15) is 0 Å². The lowest BCUT2D eigenvalue weighted by Crippen LogP contribution is -2.68.